The average molecular weight is 648 g/mol. The molecule has 0 saturated carbocycles. The van der Waals surface area contributed by atoms with Gasteiger partial charge in [0.15, 0.2) is 11.5 Å². The van der Waals surface area contributed by atoms with Gasteiger partial charge in [-0.1, -0.05) is 0 Å². The van der Waals surface area contributed by atoms with Crippen LogP contribution in [0.1, 0.15) is 42.4 Å². The summed E-state index contributed by atoms with van der Waals surface area (Å²) >= 11 is 0. The van der Waals surface area contributed by atoms with Crippen molar-refractivity contribution in [3.8, 4) is 0 Å². The van der Waals surface area contributed by atoms with E-state index >= 15 is 0 Å². The van der Waals surface area contributed by atoms with E-state index in [0.717, 1.165) is 36.7 Å². The summed E-state index contributed by atoms with van der Waals surface area (Å²) in [4.78, 5) is 23.9. The van der Waals surface area contributed by atoms with Crippen molar-refractivity contribution in [3.05, 3.63) is 71.8 Å². The first-order valence-electron chi connectivity index (χ1n) is 14.5. The molecular formula is C29H31F6N11. The Labute approximate surface area is 259 Å². The lowest BCUT2D eigenvalue weighted by Gasteiger charge is -2.47. The van der Waals surface area contributed by atoms with Crippen molar-refractivity contribution in [2.45, 2.75) is 50.9 Å². The number of anilines is 1. The molecule has 1 saturated heterocycles. The Balaban J connectivity index is 1.37. The topological polar surface area (TPSA) is 96.4 Å². The third-order valence-electron chi connectivity index (χ3n) is 8.20. The third-order valence-corrected chi connectivity index (χ3v) is 8.20. The number of rotatable bonds is 7. The highest BCUT2D eigenvalue weighted by Gasteiger charge is 2.39. The smallest absolute Gasteiger partial charge is 0.349 e. The van der Waals surface area contributed by atoms with Crippen LogP contribution in [0.25, 0.3) is 16.9 Å². The highest BCUT2D eigenvalue weighted by atomic mass is 19.4. The molecule has 0 aliphatic carbocycles. The second kappa shape index (κ2) is 11.8. The number of imidazole rings is 1. The van der Waals surface area contributed by atoms with Gasteiger partial charge in [0.25, 0.3) is 5.78 Å². The number of pyridine rings is 2. The molecule has 6 rings (SSSR count). The molecule has 2 atom stereocenters. The largest absolute Gasteiger partial charge is 0.417 e. The van der Waals surface area contributed by atoms with Crippen LogP contribution in [-0.4, -0.2) is 94.7 Å². The molecule has 0 radical (unpaired) electrons. The van der Waals surface area contributed by atoms with E-state index in [2.05, 4.69) is 30.0 Å². The van der Waals surface area contributed by atoms with E-state index in [-0.39, 0.29) is 23.5 Å². The first-order valence-corrected chi connectivity index (χ1v) is 14.5. The van der Waals surface area contributed by atoms with Gasteiger partial charge in [-0.3, -0.25) is 14.9 Å². The van der Waals surface area contributed by atoms with E-state index in [4.69, 9.17) is 9.97 Å². The monoisotopic (exact) mass is 647 g/mol. The van der Waals surface area contributed by atoms with E-state index in [1.165, 1.54) is 12.1 Å². The van der Waals surface area contributed by atoms with Crippen molar-refractivity contribution in [2.24, 2.45) is 0 Å². The Morgan fingerprint density at radius 3 is 2.02 bits per heavy atom. The quantitative estimate of drug-likeness (QED) is 0.236. The maximum absolute atomic E-state index is 13.3. The molecule has 17 heteroatoms. The van der Waals surface area contributed by atoms with Crippen molar-refractivity contribution in [2.75, 3.05) is 38.6 Å². The fourth-order valence-corrected chi connectivity index (χ4v) is 5.83. The van der Waals surface area contributed by atoms with Crippen LogP contribution in [0.3, 0.4) is 0 Å². The van der Waals surface area contributed by atoms with Gasteiger partial charge in [0.2, 0.25) is 0 Å². The van der Waals surface area contributed by atoms with Crippen molar-refractivity contribution >= 4 is 22.8 Å². The molecule has 11 nitrogen and oxygen atoms in total. The molecule has 1 aliphatic heterocycles. The highest BCUT2D eigenvalue weighted by Crippen LogP contribution is 2.37. The number of piperazine rings is 1. The van der Waals surface area contributed by atoms with Crippen LogP contribution < -0.4 is 4.90 Å². The summed E-state index contributed by atoms with van der Waals surface area (Å²) in [5.41, 5.74) is 0.0607. The van der Waals surface area contributed by atoms with Gasteiger partial charge >= 0.3 is 12.4 Å². The van der Waals surface area contributed by atoms with Crippen molar-refractivity contribution < 1.29 is 26.3 Å². The van der Waals surface area contributed by atoms with Crippen molar-refractivity contribution in [1.82, 2.24) is 48.9 Å². The Hall–Kier alpha value is -4.38. The van der Waals surface area contributed by atoms with Gasteiger partial charge in [0.1, 0.15) is 11.8 Å². The molecule has 244 valence electrons. The van der Waals surface area contributed by atoms with Crippen LogP contribution in [-0.2, 0) is 18.9 Å². The lowest BCUT2D eigenvalue weighted by Crippen LogP contribution is -2.58. The standard InChI is InChI=1S/C29H31F6N11/c1-17-14-45(25-23-26(46-16-39-41-27(46)40-25)43(15-38-23)10-9-42(3)4)18(2)13-44(17)24(21-7-5-19(11-36-21)28(30,31)32)22-8-6-20(12-37-22)29(33,34)35/h5-8,11-12,15-18,24H,9-10,13-14H2,1-4H3/t17-,18+/m1/s1. The molecule has 5 aromatic rings. The summed E-state index contributed by atoms with van der Waals surface area (Å²) in [6.45, 7) is 6.12. The number of hydrogen-bond donors (Lipinski definition) is 0. The predicted molar refractivity (Wildman–Crippen MR) is 156 cm³/mol. The van der Waals surface area contributed by atoms with E-state index in [1.807, 2.05) is 37.4 Å². The van der Waals surface area contributed by atoms with Gasteiger partial charge in [-0.25, -0.2) is 9.38 Å². The third kappa shape index (κ3) is 5.95. The minimum atomic E-state index is -4.59. The summed E-state index contributed by atoms with van der Waals surface area (Å²) in [6.07, 6.45) is -4.37. The summed E-state index contributed by atoms with van der Waals surface area (Å²) in [5, 5.41) is 8.24. The van der Waals surface area contributed by atoms with Crippen LogP contribution in [0.15, 0.2) is 49.3 Å². The van der Waals surface area contributed by atoms with Gasteiger partial charge < -0.3 is 14.4 Å². The Kier molecular flexibility index (Phi) is 8.08. The molecule has 46 heavy (non-hydrogen) atoms. The van der Waals surface area contributed by atoms with Crippen molar-refractivity contribution in [3.63, 3.8) is 0 Å². The number of hydrogen-bond acceptors (Lipinski definition) is 9. The molecule has 0 amide bonds. The average Bonchev–Trinajstić information content (AvgIpc) is 3.64. The molecule has 1 aliphatic rings. The summed E-state index contributed by atoms with van der Waals surface area (Å²) in [5.74, 6) is 1.01. The molecule has 0 aromatic carbocycles. The zero-order chi connectivity index (χ0) is 33.0. The number of halogens is 6. The maximum atomic E-state index is 13.3. The molecule has 0 bridgehead atoms. The second-order valence-corrected chi connectivity index (χ2v) is 11.7. The van der Waals surface area contributed by atoms with Crippen molar-refractivity contribution in [1.29, 1.82) is 0 Å². The zero-order valence-electron chi connectivity index (χ0n) is 25.4. The van der Waals surface area contributed by atoms with Gasteiger partial charge in [0, 0.05) is 50.7 Å². The van der Waals surface area contributed by atoms with Gasteiger partial charge in [0.05, 0.1) is 34.9 Å². The van der Waals surface area contributed by atoms with Gasteiger partial charge in [-0.15, -0.1) is 10.2 Å². The van der Waals surface area contributed by atoms with E-state index in [9.17, 15) is 26.3 Å². The van der Waals surface area contributed by atoms with Crippen LogP contribution in [0.5, 0.6) is 0 Å². The Bertz CT molecular complexity index is 1760. The van der Waals surface area contributed by atoms with Crippen LogP contribution in [0.4, 0.5) is 32.2 Å². The van der Waals surface area contributed by atoms with Gasteiger partial charge in [-0.05, 0) is 52.2 Å². The molecule has 0 N–H and O–H groups in total. The molecule has 6 heterocycles. The van der Waals surface area contributed by atoms with Crippen LogP contribution in [0, 0.1) is 0 Å². The van der Waals surface area contributed by atoms with E-state index in [0.29, 0.717) is 36.7 Å². The Morgan fingerprint density at radius 1 is 0.848 bits per heavy atom. The first-order chi connectivity index (χ1) is 21.7. The molecular weight excluding hydrogens is 616 g/mol. The summed E-state index contributed by atoms with van der Waals surface area (Å²) in [6, 6.07) is 3.05. The fraction of sp³-hybridized carbons (Fsp3) is 0.448. The number of nitrogens with zero attached hydrogens (tertiary/aromatic N) is 11. The molecule has 5 aromatic heterocycles. The number of fused-ring (bicyclic) bond motifs is 3. The minimum absolute atomic E-state index is 0.212. The van der Waals surface area contributed by atoms with Crippen LogP contribution >= 0.6 is 0 Å². The number of aromatic nitrogens is 8. The highest BCUT2D eigenvalue weighted by molar-refractivity contribution is 5.86. The SMILES string of the molecule is C[C@@H]1CN(c2nc3nncn3c3c2ncn3CCN(C)C)[C@@H](C)CN1C(c1ccc(C(F)(F)F)cn1)c1ccc(C(F)(F)F)cn1. The van der Waals surface area contributed by atoms with E-state index < -0.39 is 29.5 Å². The predicted octanol–water partition coefficient (Wildman–Crippen LogP) is 4.55. The summed E-state index contributed by atoms with van der Waals surface area (Å²) in [7, 11) is 3.97. The molecule has 0 spiro atoms. The number of likely N-dealkylation sites (N-methyl/N-ethyl adjacent to an activating group) is 1. The number of alkyl halides is 6. The van der Waals surface area contributed by atoms with Crippen LogP contribution in [0.2, 0.25) is 0 Å². The minimum Gasteiger partial charge on any atom is -0.349 e. The first kappa shape index (κ1) is 31.6. The fourth-order valence-electron chi connectivity index (χ4n) is 5.83. The lowest BCUT2D eigenvalue weighted by atomic mass is 9.99. The normalized spacial score (nSPS) is 18.5. The Morgan fingerprint density at radius 2 is 1.48 bits per heavy atom. The van der Waals surface area contributed by atoms with Gasteiger partial charge in [-0.2, -0.15) is 31.3 Å². The second-order valence-electron chi connectivity index (χ2n) is 11.7. The van der Waals surface area contributed by atoms with E-state index in [1.54, 1.807) is 17.1 Å². The maximum Gasteiger partial charge on any atom is 0.417 e. The lowest BCUT2D eigenvalue weighted by molar-refractivity contribution is -0.138. The molecule has 1 fully saturated rings. The summed E-state index contributed by atoms with van der Waals surface area (Å²) < 4.78 is 83.8. The molecule has 0 unspecified atom stereocenters. The zero-order valence-corrected chi connectivity index (χ0v) is 25.4.